The van der Waals surface area contributed by atoms with Gasteiger partial charge in [0.2, 0.25) is 0 Å². The number of nitrogens with zero attached hydrogens (tertiary/aromatic N) is 1. The van der Waals surface area contributed by atoms with Crippen LogP contribution in [-0.2, 0) is 0 Å². The first kappa shape index (κ1) is 12.3. The highest BCUT2D eigenvalue weighted by atomic mass is 32.2. The molecule has 0 spiro atoms. The lowest BCUT2D eigenvalue weighted by molar-refractivity contribution is 0.635. The predicted molar refractivity (Wildman–Crippen MR) is 74.5 cm³/mol. The zero-order valence-corrected chi connectivity index (χ0v) is 11.2. The Bertz CT molecular complexity index is 442. The van der Waals surface area contributed by atoms with E-state index in [4.69, 9.17) is 5.26 Å². The topological polar surface area (TPSA) is 35.8 Å². The summed E-state index contributed by atoms with van der Waals surface area (Å²) in [6, 6.07) is 8.14. The maximum atomic E-state index is 8.88. The Hall–Kier alpha value is -1.14. The molecule has 1 fully saturated rings. The van der Waals surface area contributed by atoms with Gasteiger partial charge in [0, 0.05) is 17.0 Å². The number of nitrogens with one attached hydrogen (secondary N) is 1. The zero-order valence-electron chi connectivity index (χ0n) is 10.4. The van der Waals surface area contributed by atoms with Gasteiger partial charge < -0.3 is 5.32 Å². The van der Waals surface area contributed by atoms with Crippen molar-refractivity contribution in [2.75, 3.05) is 17.6 Å². The monoisotopic (exact) mass is 246 g/mol. The number of thioether (sulfide) groups is 1. The molecule has 0 aromatic heterocycles. The lowest BCUT2D eigenvalue weighted by atomic mass is 10.1. The Balaban J connectivity index is 2.00. The molecule has 1 atom stereocenters. The van der Waals surface area contributed by atoms with Crippen molar-refractivity contribution < 1.29 is 0 Å². The predicted octanol–water partition coefficient (Wildman–Crippen LogP) is 3.56. The van der Waals surface area contributed by atoms with Crippen LogP contribution in [0.25, 0.3) is 0 Å². The van der Waals surface area contributed by atoms with Gasteiger partial charge in [-0.25, -0.2) is 0 Å². The van der Waals surface area contributed by atoms with E-state index in [2.05, 4.69) is 36.1 Å². The van der Waals surface area contributed by atoms with Crippen molar-refractivity contribution >= 4 is 17.4 Å². The highest BCUT2D eigenvalue weighted by Crippen LogP contribution is 2.37. The van der Waals surface area contributed by atoms with Crippen LogP contribution in [-0.4, -0.2) is 17.0 Å². The van der Waals surface area contributed by atoms with Crippen molar-refractivity contribution in [3.8, 4) is 6.07 Å². The second-order valence-electron chi connectivity index (χ2n) is 4.90. The van der Waals surface area contributed by atoms with Gasteiger partial charge in [0.1, 0.15) is 0 Å². The molecule has 1 aromatic rings. The minimum Gasteiger partial charge on any atom is -0.384 e. The fourth-order valence-electron chi connectivity index (χ4n) is 2.16. The van der Waals surface area contributed by atoms with Gasteiger partial charge in [0.05, 0.1) is 11.6 Å². The molecule has 2 nitrogen and oxygen atoms in total. The smallest absolute Gasteiger partial charge is 0.0994 e. The molecule has 0 radical (unpaired) electrons. The van der Waals surface area contributed by atoms with Crippen LogP contribution in [0.3, 0.4) is 0 Å². The molecular formula is C14H18N2S. The molecule has 1 heterocycles. The summed E-state index contributed by atoms with van der Waals surface area (Å²) in [5.74, 6) is 1.28. The van der Waals surface area contributed by atoms with E-state index < -0.39 is 0 Å². The van der Waals surface area contributed by atoms with Crippen molar-refractivity contribution in [3.05, 3.63) is 29.3 Å². The van der Waals surface area contributed by atoms with Crippen LogP contribution in [0.2, 0.25) is 0 Å². The molecule has 1 saturated heterocycles. The van der Waals surface area contributed by atoms with Crippen molar-refractivity contribution in [1.82, 2.24) is 0 Å². The van der Waals surface area contributed by atoms with Crippen molar-refractivity contribution in [1.29, 1.82) is 5.26 Å². The van der Waals surface area contributed by atoms with E-state index in [1.54, 1.807) is 0 Å². The molecule has 0 aliphatic carbocycles. The summed E-state index contributed by atoms with van der Waals surface area (Å²) in [5.41, 5.74) is 2.92. The summed E-state index contributed by atoms with van der Waals surface area (Å²) in [6.45, 7) is 5.31. The van der Waals surface area contributed by atoms with E-state index in [1.807, 2.05) is 19.1 Å². The van der Waals surface area contributed by atoms with Crippen LogP contribution in [0.15, 0.2) is 18.2 Å². The first-order valence-electron chi connectivity index (χ1n) is 6.02. The highest BCUT2D eigenvalue weighted by Gasteiger charge is 2.28. The van der Waals surface area contributed by atoms with Crippen molar-refractivity contribution in [2.24, 2.45) is 0 Å². The molecule has 2 rings (SSSR count). The van der Waals surface area contributed by atoms with Crippen LogP contribution in [0, 0.1) is 18.3 Å². The van der Waals surface area contributed by atoms with Gasteiger partial charge in [0.15, 0.2) is 0 Å². The average molecular weight is 246 g/mol. The summed E-state index contributed by atoms with van der Waals surface area (Å²) in [6.07, 6.45) is 2.62. The minimum atomic E-state index is 0.377. The van der Waals surface area contributed by atoms with Gasteiger partial charge >= 0.3 is 0 Å². The van der Waals surface area contributed by atoms with Crippen LogP contribution >= 0.6 is 11.8 Å². The third kappa shape index (κ3) is 2.95. The molecule has 1 unspecified atom stereocenters. The maximum Gasteiger partial charge on any atom is 0.0994 e. The molecule has 0 saturated carbocycles. The quantitative estimate of drug-likeness (QED) is 0.885. The first-order valence-corrected chi connectivity index (χ1v) is 7.00. The molecule has 0 bridgehead atoms. The first-order chi connectivity index (χ1) is 8.13. The third-order valence-corrected chi connectivity index (χ3v) is 4.85. The number of anilines is 1. The average Bonchev–Trinajstić information content (AvgIpc) is 2.74. The summed E-state index contributed by atoms with van der Waals surface area (Å²) in [7, 11) is 0. The number of hydrogen-bond acceptors (Lipinski definition) is 3. The van der Waals surface area contributed by atoms with Crippen molar-refractivity contribution in [2.45, 2.75) is 31.4 Å². The Morgan fingerprint density at radius 3 is 2.94 bits per heavy atom. The van der Waals surface area contributed by atoms with Gasteiger partial charge in [0.25, 0.3) is 0 Å². The molecule has 1 aliphatic heterocycles. The largest absolute Gasteiger partial charge is 0.384 e. The summed E-state index contributed by atoms with van der Waals surface area (Å²) in [4.78, 5) is 0. The van der Waals surface area contributed by atoms with Crippen LogP contribution < -0.4 is 5.32 Å². The molecule has 0 amide bonds. The van der Waals surface area contributed by atoms with Crippen LogP contribution in [0.1, 0.15) is 30.9 Å². The molecule has 1 aromatic carbocycles. The normalized spacial score (nSPS) is 23.4. The fraction of sp³-hybridized carbons (Fsp3) is 0.500. The lowest BCUT2D eigenvalue weighted by Crippen LogP contribution is -2.27. The second-order valence-corrected chi connectivity index (χ2v) is 6.58. The third-order valence-electron chi connectivity index (χ3n) is 3.31. The summed E-state index contributed by atoms with van der Waals surface area (Å²) in [5, 5.41) is 12.4. The minimum absolute atomic E-state index is 0.377. The Morgan fingerprint density at radius 1 is 1.53 bits per heavy atom. The SMILES string of the molecule is Cc1cc(NCC2(C)CCCS2)ccc1C#N. The number of nitriles is 1. The molecule has 90 valence electrons. The Morgan fingerprint density at radius 2 is 2.35 bits per heavy atom. The summed E-state index contributed by atoms with van der Waals surface area (Å²) < 4.78 is 0.377. The summed E-state index contributed by atoms with van der Waals surface area (Å²) >= 11 is 2.06. The van der Waals surface area contributed by atoms with E-state index in [0.29, 0.717) is 4.75 Å². The van der Waals surface area contributed by atoms with Crippen LogP contribution in [0.5, 0.6) is 0 Å². The zero-order chi connectivity index (χ0) is 12.3. The van der Waals surface area contributed by atoms with E-state index in [-0.39, 0.29) is 0 Å². The van der Waals surface area contributed by atoms with Gasteiger partial charge in [-0.05, 0) is 56.2 Å². The van der Waals surface area contributed by atoms with Gasteiger partial charge in [-0.3, -0.25) is 0 Å². The van der Waals surface area contributed by atoms with E-state index >= 15 is 0 Å². The number of rotatable bonds is 3. The molecular weight excluding hydrogens is 228 g/mol. The lowest BCUT2D eigenvalue weighted by Gasteiger charge is -2.23. The molecule has 1 aliphatic rings. The standard InChI is InChI=1S/C14H18N2S/c1-11-8-13(5-4-12(11)9-15)16-10-14(2)6-3-7-17-14/h4-5,8,16H,3,6-7,10H2,1-2H3. The van der Waals surface area contributed by atoms with E-state index in [9.17, 15) is 0 Å². The van der Waals surface area contributed by atoms with Crippen LogP contribution in [0.4, 0.5) is 5.69 Å². The molecule has 1 N–H and O–H groups in total. The van der Waals surface area contributed by atoms with Crippen molar-refractivity contribution in [3.63, 3.8) is 0 Å². The molecule has 17 heavy (non-hydrogen) atoms. The number of benzene rings is 1. The second kappa shape index (κ2) is 5.01. The number of hydrogen-bond donors (Lipinski definition) is 1. The fourth-order valence-corrected chi connectivity index (χ4v) is 3.41. The number of aryl methyl sites for hydroxylation is 1. The van der Waals surface area contributed by atoms with E-state index in [1.165, 1.54) is 18.6 Å². The Kier molecular flexibility index (Phi) is 3.63. The van der Waals surface area contributed by atoms with Gasteiger partial charge in [-0.1, -0.05) is 0 Å². The maximum absolute atomic E-state index is 8.88. The molecule has 3 heteroatoms. The van der Waals surface area contributed by atoms with Gasteiger partial charge in [-0.15, -0.1) is 0 Å². The Labute approximate surface area is 107 Å². The van der Waals surface area contributed by atoms with Gasteiger partial charge in [-0.2, -0.15) is 17.0 Å². The van der Waals surface area contributed by atoms with E-state index in [0.717, 1.165) is 23.4 Å². The highest BCUT2D eigenvalue weighted by molar-refractivity contribution is 8.00.